The number of aliphatic hydroxyl groups is 1. The zero-order valence-electron chi connectivity index (χ0n) is 11.1. The van der Waals surface area contributed by atoms with Crippen molar-refractivity contribution in [3.8, 4) is 0 Å². The molecule has 0 saturated carbocycles. The first kappa shape index (κ1) is 23.2. The molecular formula is C10H12F10O2. The molecule has 12 heteroatoms. The Morgan fingerprint density at radius 2 is 1.32 bits per heavy atom. The SMILES string of the molecule is C=C(F)C(F)(F)OC(CC(F)(F)F)C(F)(F)F.CC(C)(O)F. The van der Waals surface area contributed by atoms with E-state index in [1.165, 1.54) is 0 Å². The van der Waals surface area contributed by atoms with E-state index in [1.54, 1.807) is 0 Å². The van der Waals surface area contributed by atoms with E-state index in [1.807, 2.05) is 6.58 Å². The predicted octanol–water partition coefficient (Wildman–Crippen LogP) is 4.65. The number of ether oxygens (including phenoxy) is 1. The zero-order chi connectivity index (χ0) is 18.6. The molecule has 2 nitrogen and oxygen atoms in total. The predicted molar refractivity (Wildman–Crippen MR) is 54.2 cm³/mol. The fourth-order valence-electron chi connectivity index (χ4n) is 0.677. The molecule has 0 aromatic rings. The first-order valence-corrected chi connectivity index (χ1v) is 5.21. The summed E-state index contributed by atoms with van der Waals surface area (Å²) in [5.74, 6) is -4.62. The van der Waals surface area contributed by atoms with Gasteiger partial charge in [-0.1, -0.05) is 6.58 Å². The lowest BCUT2D eigenvalue weighted by atomic mass is 10.2. The van der Waals surface area contributed by atoms with Gasteiger partial charge in [0.05, 0.1) is 6.42 Å². The Morgan fingerprint density at radius 1 is 1.00 bits per heavy atom. The van der Waals surface area contributed by atoms with Crippen LogP contribution in [-0.2, 0) is 4.74 Å². The fraction of sp³-hybridized carbons (Fsp3) is 0.800. The number of alkyl halides is 9. The van der Waals surface area contributed by atoms with Crippen molar-refractivity contribution in [3.05, 3.63) is 12.4 Å². The van der Waals surface area contributed by atoms with Gasteiger partial charge in [-0.15, -0.1) is 0 Å². The van der Waals surface area contributed by atoms with Gasteiger partial charge in [0.2, 0.25) is 5.85 Å². The van der Waals surface area contributed by atoms with Crippen LogP contribution in [0.3, 0.4) is 0 Å². The highest BCUT2D eigenvalue weighted by molar-refractivity contribution is 4.92. The molecule has 1 N–H and O–H groups in total. The number of rotatable bonds is 4. The van der Waals surface area contributed by atoms with Crippen molar-refractivity contribution in [2.45, 2.75) is 50.7 Å². The van der Waals surface area contributed by atoms with Crippen LogP contribution in [0.15, 0.2) is 12.4 Å². The van der Waals surface area contributed by atoms with Gasteiger partial charge in [-0.05, 0) is 13.8 Å². The van der Waals surface area contributed by atoms with Crippen LogP contribution in [0.1, 0.15) is 20.3 Å². The average Bonchev–Trinajstić information content (AvgIpc) is 2.08. The van der Waals surface area contributed by atoms with Gasteiger partial charge in [-0.2, -0.15) is 35.1 Å². The summed E-state index contributed by atoms with van der Waals surface area (Å²) in [4.78, 5) is 0. The maximum atomic E-state index is 12.3. The molecule has 0 aliphatic carbocycles. The topological polar surface area (TPSA) is 29.5 Å². The van der Waals surface area contributed by atoms with Crippen molar-refractivity contribution in [2.24, 2.45) is 0 Å². The number of halogens is 10. The number of hydrogen-bond donors (Lipinski definition) is 1. The Kier molecular flexibility index (Phi) is 7.90. The van der Waals surface area contributed by atoms with E-state index in [2.05, 4.69) is 4.74 Å². The molecule has 1 unspecified atom stereocenters. The minimum atomic E-state index is -5.71. The van der Waals surface area contributed by atoms with E-state index in [0.717, 1.165) is 13.8 Å². The average molecular weight is 354 g/mol. The molecule has 0 aliphatic rings. The summed E-state index contributed by atoms with van der Waals surface area (Å²) in [5.41, 5.74) is 0. The van der Waals surface area contributed by atoms with Crippen LogP contribution >= 0.6 is 0 Å². The number of hydrogen-bond acceptors (Lipinski definition) is 2. The van der Waals surface area contributed by atoms with E-state index in [0.29, 0.717) is 0 Å². The molecule has 0 fully saturated rings. The van der Waals surface area contributed by atoms with Crippen LogP contribution in [0, 0.1) is 0 Å². The smallest absolute Gasteiger partial charge is 0.362 e. The highest BCUT2D eigenvalue weighted by Gasteiger charge is 2.53. The minimum absolute atomic E-state index is 1.08. The maximum absolute atomic E-state index is 12.3. The molecule has 0 aromatic carbocycles. The second-order valence-electron chi connectivity index (χ2n) is 4.30. The first-order chi connectivity index (χ1) is 9.26. The largest absolute Gasteiger partial charge is 0.415 e. The molecule has 0 aliphatic heterocycles. The van der Waals surface area contributed by atoms with Gasteiger partial charge in [-0.25, -0.2) is 8.78 Å². The molecule has 0 radical (unpaired) electrons. The Morgan fingerprint density at radius 3 is 1.50 bits per heavy atom. The molecule has 0 heterocycles. The van der Waals surface area contributed by atoms with Gasteiger partial charge in [0.1, 0.15) is 0 Å². The fourth-order valence-corrected chi connectivity index (χ4v) is 0.677. The summed E-state index contributed by atoms with van der Waals surface area (Å²) in [7, 11) is 0. The van der Waals surface area contributed by atoms with Gasteiger partial charge < -0.3 is 9.84 Å². The Hall–Kier alpha value is -1.04. The standard InChI is InChI=1S/C7H5F9O.C3H7FO/c1-3(8)7(15,16)17-4(6(12,13)14)2-5(9,10)11;1-3(2,4)5/h4H,1-2H2;5H,1-2H3. The third-order valence-electron chi connectivity index (χ3n) is 1.39. The van der Waals surface area contributed by atoms with Gasteiger partial charge in [0.25, 0.3) is 0 Å². The zero-order valence-corrected chi connectivity index (χ0v) is 11.1. The van der Waals surface area contributed by atoms with Crippen LogP contribution in [-0.4, -0.2) is 35.5 Å². The highest BCUT2D eigenvalue weighted by atomic mass is 19.4. The van der Waals surface area contributed by atoms with E-state index in [-0.39, 0.29) is 0 Å². The highest BCUT2D eigenvalue weighted by Crippen LogP contribution is 2.38. The minimum Gasteiger partial charge on any atom is -0.362 e. The molecule has 0 bridgehead atoms. The van der Waals surface area contributed by atoms with Crippen molar-refractivity contribution in [2.75, 3.05) is 0 Å². The van der Waals surface area contributed by atoms with Gasteiger partial charge in [0.15, 0.2) is 11.9 Å². The van der Waals surface area contributed by atoms with E-state index in [9.17, 15) is 43.9 Å². The van der Waals surface area contributed by atoms with E-state index < -0.39 is 42.7 Å². The Balaban J connectivity index is 0. The second-order valence-corrected chi connectivity index (χ2v) is 4.30. The van der Waals surface area contributed by atoms with Crippen LogP contribution in [0.5, 0.6) is 0 Å². The van der Waals surface area contributed by atoms with Gasteiger partial charge in [-0.3, -0.25) is 0 Å². The molecule has 134 valence electrons. The van der Waals surface area contributed by atoms with Crippen molar-refractivity contribution in [1.82, 2.24) is 0 Å². The van der Waals surface area contributed by atoms with Crippen molar-refractivity contribution >= 4 is 0 Å². The molecule has 0 saturated heterocycles. The van der Waals surface area contributed by atoms with Crippen molar-refractivity contribution in [3.63, 3.8) is 0 Å². The van der Waals surface area contributed by atoms with Crippen molar-refractivity contribution in [1.29, 1.82) is 0 Å². The summed E-state index contributed by atoms with van der Waals surface area (Å²) >= 11 is 0. The van der Waals surface area contributed by atoms with E-state index in [4.69, 9.17) is 5.11 Å². The molecule has 0 rings (SSSR count). The summed E-state index contributed by atoms with van der Waals surface area (Å²) in [6, 6.07) is 0. The van der Waals surface area contributed by atoms with E-state index >= 15 is 0 Å². The van der Waals surface area contributed by atoms with Gasteiger partial charge >= 0.3 is 18.5 Å². The summed E-state index contributed by atoms with van der Waals surface area (Å²) in [5, 5.41) is 7.85. The molecule has 0 aromatic heterocycles. The summed E-state index contributed by atoms with van der Waals surface area (Å²) < 4.78 is 121. The van der Waals surface area contributed by atoms with Gasteiger partial charge in [0, 0.05) is 0 Å². The Labute approximate surface area is 118 Å². The lowest BCUT2D eigenvalue weighted by Gasteiger charge is -2.25. The van der Waals surface area contributed by atoms with Crippen LogP contribution < -0.4 is 0 Å². The van der Waals surface area contributed by atoms with Crippen molar-refractivity contribution < 1.29 is 53.7 Å². The molecular weight excluding hydrogens is 342 g/mol. The second kappa shape index (κ2) is 7.49. The quantitative estimate of drug-likeness (QED) is 0.745. The Bertz CT molecular complexity index is 346. The lowest BCUT2D eigenvalue weighted by Crippen LogP contribution is -2.41. The molecule has 22 heavy (non-hydrogen) atoms. The van der Waals surface area contributed by atoms with Crippen LogP contribution in [0.4, 0.5) is 43.9 Å². The van der Waals surface area contributed by atoms with Crippen LogP contribution in [0.25, 0.3) is 0 Å². The molecule has 0 spiro atoms. The lowest BCUT2D eigenvalue weighted by molar-refractivity contribution is -0.330. The molecule has 0 amide bonds. The monoisotopic (exact) mass is 354 g/mol. The maximum Gasteiger partial charge on any atom is 0.415 e. The van der Waals surface area contributed by atoms with Crippen LogP contribution in [0.2, 0.25) is 0 Å². The molecule has 1 atom stereocenters. The first-order valence-electron chi connectivity index (χ1n) is 5.21. The normalized spacial score (nSPS) is 15.0. The third-order valence-corrected chi connectivity index (χ3v) is 1.39. The summed E-state index contributed by atoms with van der Waals surface area (Å²) in [6.07, 6.45) is -22.8. The third kappa shape index (κ3) is 13.9. The summed E-state index contributed by atoms with van der Waals surface area (Å²) in [6.45, 7) is 4.12.